The van der Waals surface area contributed by atoms with Crippen LogP contribution in [0.3, 0.4) is 0 Å². The third-order valence-electron chi connectivity index (χ3n) is 7.35. The molecular weight excluding hydrogens is 762 g/mol. The minimum absolute atomic E-state index is 0.549. The number of fused-ring (bicyclic) bond motifs is 1. The molecule has 3 aromatic carbocycles. The van der Waals surface area contributed by atoms with Crippen molar-refractivity contribution < 1.29 is 22.7 Å². The van der Waals surface area contributed by atoms with Gasteiger partial charge in [-0.15, -0.1) is 0 Å². The van der Waals surface area contributed by atoms with Gasteiger partial charge in [-0.05, 0) is 0 Å². The molecule has 0 unspecified atom stereocenters. The van der Waals surface area contributed by atoms with Crippen LogP contribution in [0.2, 0.25) is 0 Å². The van der Waals surface area contributed by atoms with E-state index in [1.807, 2.05) is 6.92 Å². The first-order valence-electron chi connectivity index (χ1n) is 13.8. The van der Waals surface area contributed by atoms with Crippen molar-refractivity contribution in [3.63, 3.8) is 0 Å². The molecule has 1 aromatic heterocycles. The van der Waals surface area contributed by atoms with Crippen LogP contribution in [0.1, 0.15) is 16.7 Å². The van der Waals surface area contributed by atoms with Crippen molar-refractivity contribution in [3.05, 3.63) is 148 Å². The summed E-state index contributed by atoms with van der Waals surface area (Å²) in [7, 11) is -2.38. The predicted molar refractivity (Wildman–Crippen MR) is 184 cm³/mol. The van der Waals surface area contributed by atoms with Gasteiger partial charge in [-0.1, -0.05) is 0 Å². The minimum atomic E-state index is -2.38. The second-order valence-electron chi connectivity index (χ2n) is 9.96. The molecule has 3 nitrogen and oxygen atoms in total. The molecule has 213 valence electrons. The first-order chi connectivity index (χ1) is 21.2. The number of hydrogen-bond acceptors (Lipinski definition) is 4. The molecule has 1 fully saturated rings. The van der Waals surface area contributed by atoms with E-state index in [1.54, 1.807) is 29.3 Å². The monoisotopic (exact) mass is 792 g/mol. The van der Waals surface area contributed by atoms with Gasteiger partial charge in [-0.25, -0.2) is 0 Å². The van der Waals surface area contributed by atoms with E-state index in [9.17, 15) is 0 Å². The molecule has 1 saturated heterocycles. The van der Waals surface area contributed by atoms with Crippen LogP contribution in [0.25, 0.3) is 12.2 Å². The average molecular weight is 791 g/mol. The molecule has 2 aliphatic heterocycles. The molecule has 0 aliphatic carbocycles. The number of allylic oxidation sites excluding steroid dienone is 5. The number of benzene rings is 3. The van der Waals surface area contributed by atoms with E-state index in [-0.39, 0.29) is 0 Å². The van der Waals surface area contributed by atoms with Gasteiger partial charge >= 0.3 is 273 Å². The van der Waals surface area contributed by atoms with Crippen molar-refractivity contribution in [3.8, 4) is 4.37 Å². The van der Waals surface area contributed by atoms with E-state index >= 15 is 0 Å². The Morgan fingerprint density at radius 3 is 1.84 bits per heavy atom. The van der Waals surface area contributed by atoms with Gasteiger partial charge in [0.05, 0.1) is 0 Å². The summed E-state index contributed by atoms with van der Waals surface area (Å²) < 4.78 is 18.8. The van der Waals surface area contributed by atoms with Gasteiger partial charge in [0.1, 0.15) is 0 Å². The zero-order valence-corrected chi connectivity index (χ0v) is 28.7. The molecule has 0 bridgehead atoms. The van der Waals surface area contributed by atoms with Crippen molar-refractivity contribution >= 4 is 69.4 Å². The summed E-state index contributed by atoms with van der Waals surface area (Å²) in [6, 6.07) is 32.8. The summed E-state index contributed by atoms with van der Waals surface area (Å²) in [4.78, 5) is 2.22. The Balaban J connectivity index is 1.68. The molecule has 4 aromatic rings. The third kappa shape index (κ3) is 5.81. The number of rotatable bonds is 8. The Morgan fingerprint density at radius 1 is 0.837 bits per heavy atom. The van der Waals surface area contributed by atoms with Crippen LogP contribution in [-0.4, -0.2) is 13.2 Å². The molecule has 0 radical (unpaired) electrons. The average Bonchev–Trinajstić information content (AvgIpc) is 3.78. The summed E-state index contributed by atoms with van der Waals surface area (Å²) in [5.74, 6) is 0. The molecule has 2 aliphatic rings. The van der Waals surface area contributed by atoms with E-state index in [1.165, 1.54) is 32.6 Å². The molecule has 0 atom stereocenters. The molecule has 0 spiro atoms. The fourth-order valence-corrected chi connectivity index (χ4v) is 12.9. The Bertz CT molecular complexity index is 1810. The van der Waals surface area contributed by atoms with Gasteiger partial charge in [0.2, 0.25) is 0 Å². The molecule has 0 saturated carbocycles. The van der Waals surface area contributed by atoms with Crippen molar-refractivity contribution in [2.45, 2.75) is 6.92 Å². The van der Waals surface area contributed by atoms with Crippen LogP contribution in [-0.2, 0) is 34.0 Å². The van der Waals surface area contributed by atoms with Crippen LogP contribution in [0, 0.1) is 4.37 Å². The normalized spacial score (nSPS) is 16.1. The summed E-state index contributed by atoms with van der Waals surface area (Å²) in [5, 5.41) is 5.02. The van der Waals surface area contributed by atoms with E-state index in [0.29, 0.717) is 13.2 Å². The standard InChI is InChI=1S/C36H29N2OPS2.Os/c1-4-14-33-35-36(38-42-37-35)34(41-33)22-21-28(23-29-25-39-24-26(29)2)27(3)40(30-15-8-5-9-16-30,31-17-10-6-11-18-31)32-19-12-7-13-20-32;/h4-23H,2,24-25H2,1H3;/q+1;/b14-4+,22-21+,28-27?,29-23?;. The first-order valence-corrected chi connectivity index (χ1v) is 18.5. The fraction of sp³-hybridized carbons (Fsp3) is 0.0833. The van der Waals surface area contributed by atoms with E-state index < -0.39 is 7.26 Å². The van der Waals surface area contributed by atoms with Gasteiger partial charge in [0.15, 0.2) is 0 Å². The quantitative estimate of drug-likeness (QED) is 0.114. The van der Waals surface area contributed by atoms with Gasteiger partial charge in [0.25, 0.3) is 0 Å². The number of thiophene rings is 1. The predicted octanol–water partition coefficient (Wildman–Crippen LogP) is 8.79. The zero-order chi connectivity index (χ0) is 29.6. The molecular formula is C36H29N2OOsPS2+. The Hall–Kier alpha value is -3.31. The second kappa shape index (κ2) is 13.5. The van der Waals surface area contributed by atoms with E-state index in [2.05, 4.69) is 141 Å². The molecule has 3 heterocycles. The molecule has 0 amide bonds. The summed E-state index contributed by atoms with van der Waals surface area (Å²) in [6.45, 7) is 7.45. The summed E-state index contributed by atoms with van der Waals surface area (Å²) in [5.41, 5.74) is 5.14. The van der Waals surface area contributed by atoms with Crippen molar-refractivity contribution in [1.82, 2.24) is 0 Å². The van der Waals surface area contributed by atoms with Crippen molar-refractivity contribution in [1.29, 1.82) is 0 Å². The van der Waals surface area contributed by atoms with E-state index in [4.69, 9.17) is 4.74 Å². The molecule has 43 heavy (non-hydrogen) atoms. The Kier molecular flexibility index (Phi) is 9.37. The Morgan fingerprint density at radius 2 is 1.37 bits per heavy atom. The van der Waals surface area contributed by atoms with Crippen LogP contribution in [0.5, 0.6) is 0 Å². The maximum atomic E-state index is 5.82. The summed E-state index contributed by atoms with van der Waals surface area (Å²) >= 11 is 4.77. The van der Waals surface area contributed by atoms with Crippen molar-refractivity contribution in [2.24, 2.45) is 8.73 Å². The van der Waals surface area contributed by atoms with Crippen LogP contribution >= 0.6 is 18.6 Å². The fourth-order valence-electron chi connectivity index (χ4n) is 5.37. The topological polar surface area (TPSA) is 34.0 Å². The second-order valence-corrected chi connectivity index (χ2v) is 15.5. The summed E-state index contributed by atoms with van der Waals surface area (Å²) in [6.07, 6.45) is 10.9. The first kappa shape index (κ1) is 29.7. The Labute approximate surface area is 271 Å². The maximum absolute atomic E-state index is 5.82. The SMILES string of the molecule is C=C1COCC1=CC(/C=C/c1sc(/C=C/C)c2c1N=S=N2)=C([C]#[Os])[P+](c1ccccc1)(c1ccccc1)c1ccccc1. The van der Waals surface area contributed by atoms with E-state index in [0.717, 1.165) is 37.8 Å². The third-order valence-corrected chi connectivity index (χ3v) is 14.4. The van der Waals surface area contributed by atoms with Gasteiger partial charge < -0.3 is 0 Å². The van der Waals surface area contributed by atoms with Crippen LogP contribution in [0.4, 0.5) is 11.4 Å². The van der Waals surface area contributed by atoms with Crippen LogP contribution in [0.15, 0.2) is 147 Å². The molecule has 0 N–H and O–H groups in total. The number of nitrogens with zero attached hydrogens (tertiary/aromatic N) is 2. The molecule has 6 rings (SSSR count). The van der Waals surface area contributed by atoms with Gasteiger partial charge in [-0.2, -0.15) is 0 Å². The number of ether oxygens (including phenoxy) is 1. The molecule has 7 heteroatoms. The van der Waals surface area contributed by atoms with Gasteiger partial charge in [0, 0.05) is 0 Å². The zero-order valence-electron chi connectivity index (χ0n) is 23.6. The van der Waals surface area contributed by atoms with Crippen LogP contribution < -0.4 is 15.9 Å². The number of hydrogen-bond donors (Lipinski definition) is 0. The van der Waals surface area contributed by atoms with Gasteiger partial charge in [-0.3, -0.25) is 0 Å². The van der Waals surface area contributed by atoms with Crippen molar-refractivity contribution in [2.75, 3.05) is 13.2 Å².